The van der Waals surface area contributed by atoms with Crippen LogP contribution >= 0.6 is 34.3 Å². The Bertz CT molecular complexity index is 610. The van der Waals surface area contributed by atoms with Crippen molar-refractivity contribution >= 4 is 40.2 Å². The summed E-state index contributed by atoms with van der Waals surface area (Å²) in [6.45, 7) is 7.73. The van der Waals surface area contributed by atoms with E-state index in [4.69, 9.17) is 11.6 Å². The Labute approximate surface area is 125 Å². The van der Waals surface area contributed by atoms with Crippen molar-refractivity contribution in [1.82, 2.24) is 10.3 Å². The number of nitrogens with zero attached hydrogens (tertiary/aromatic N) is 1. The molecule has 3 nitrogen and oxygen atoms in total. The van der Waals surface area contributed by atoms with Gasteiger partial charge in [0.2, 0.25) is 0 Å². The van der Waals surface area contributed by atoms with Crippen LogP contribution in [0.3, 0.4) is 0 Å². The van der Waals surface area contributed by atoms with Crippen molar-refractivity contribution in [3.8, 4) is 9.88 Å². The molecule has 1 amide bonds. The normalized spacial score (nSPS) is 11.6. The van der Waals surface area contributed by atoms with Crippen LogP contribution in [-0.4, -0.2) is 16.4 Å². The van der Waals surface area contributed by atoms with Crippen LogP contribution in [0.15, 0.2) is 12.1 Å². The highest BCUT2D eigenvalue weighted by atomic mass is 35.5. The predicted octanol–water partition coefficient (Wildman–Crippen LogP) is 4.36. The molecule has 0 bridgehead atoms. The molecule has 0 radical (unpaired) electrons. The van der Waals surface area contributed by atoms with Crippen LogP contribution in [0.1, 0.15) is 36.1 Å². The highest BCUT2D eigenvalue weighted by Crippen LogP contribution is 2.34. The van der Waals surface area contributed by atoms with E-state index in [1.54, 1.807) is 0 Å². The van der Waals surface area contributed by atoms with Crippen LogP contribution in [-0.2, 0) is 0 Å². The Kier molecular flexibility index (Phi) is 3.99. The highest BCUT2D eigenvalue weighted by Gasteiger charge is 2.21. The maximum absolute atomic E-state index is 12.2. The minimum absolute atomic E-state index is 0.0728. The number of halogens is 1. The Morgan fingerprint density at radius 3 is 2.53 bits per heavy atom. The summed E-state index contributed by atoms with van der Waals surface area (Å²) >= 11 is 8.80. The van der Waals surface area contributed by atoms with Gasteiger partial charge in [-0.3, -0.25) is 4.79 Å². The number of hydrogen-bond acceptors (Lipinski definition) is 4. The number of aryl methyl sites for hydroxylation is 1. The fourth-order valence-electron chi connectivity index (χ4n) is 1.54. The van der Waals surface area contributed by atoms with Gasteiger partial charge in [0, 0.05) is 5.54 Å². The van der Waals surface area contributed by atoms with Gasteiger partial charge in [-0.05, 0) is 39.8 Å². The predicted molar refractivity (Wildman–Crippen MR) is 82.4 cm³/mol. The Morgan fingerprint density at radius 1 is 1.32 bits per heavy atom. The molecular weight excluding hydrogens is 300 g/mol. The summed E-state index contributed by atoms with van der Waals surface area (Å²) in [7, 11) is 0. The van der Waals surface area contributed by atoms with Crippen molar-refractivity contribution in [2.24, 2.45) is 0 Å². The Balaban J connectivity index is 2.29. The summed E-state index contributed by atoms with van der Waals surface area (Å²) in [6, 6.07) is 3.77. The number of carbonyl (C=O) groups excluding carboxylic acids is 1. The lowest BCUT2D eigenvalue weighted by molar-refractivity contribution is 0.0923. The van der Waals surface area contributed by atoms with Gasteiger partial charge in [0.15, 0.2) is 0 Å². The van der Waals surface area contributed by atoms with Crippen LogP contribution in [0.2, 0.25) is 4.34 Å². The first-order chi connectivity index (χ1) is 8.76. The highest BCUT2D eigenvalue weighted by molar-refractivity contribution is 7.24. The van der Waals surface area contributed by atoms with E-state index in [0.717, 1.165) is 19.9 Å². The number of nitrogens with one attached hydrogen (secondary N) is 1. The fourth-order valence-corrected chi connectivity index (χ4v) is 3.60. The van der Waals surface area contributed by atoms with Crippen molar-refractivity contribution in [3.63, 3.8) is 0 Å². The molecule has 2 aromatic rings. The van der Waals surface area contributed by atoms with Crippen molar-refractivity contribution in [2.75, 3.05) is 0 Å². The third kappa shape index (κ3) is 3.55. The minimum Gasteiger partial charge on any atom is -0.347 e. The zero-order valence-electron chi connectivity index (χ0n) is 11.2. The average molecular weight is 315 g/mol. The zero-order valence-corrected chi connectivity index (χ0v) is 13.6. The summed E-state index contributed by atoms with van der Waals surface area (Å²) in [5.41, 5.74) is 0.506. The first-order valence-corrected chi connectivity index (χ1v) is 7.83. The van der Waals surface area contributed by atoms with Gasteiger partial charge < -0.3 is 5.32 Å². The van der Waals surface area contributed by atoms with Crippen molar-refractivity contribution in [1.29, 1.82) is 0 Å². The number of carbonyl (C=O) groups is 1. The van der Waals surface area contributed by atoms with Gasteiger partial charge in [-0.2, -0.15) is 0 Å². The molecule has 102 valence electrons. The van der Waals surface area contributed by atoms with Crippen molar-refractivity contribution in [3.05, 3.63) is 27.0 Å². The number of hydrogen-bond donors (Lipinski definition) is 1. The van der Waals surface area contributed by atoms with Crippen LogP contribution in [0.5, 0.6) is 0 Å². The van der Waals surface area contributed by atoms with E-state index in [0.29, 0.717) is 4.88 Å². The molecule has 2 heterocycles. The minimum atomic E-state index is -0.250. The third-order valence-corrected chi connectivity index (χ3v) is 4.83. The molecule has 0 saturated heterocycles. The second-order valence-corrected chi connectivity index (χ2v) is 7.96. The molecule has 0 atom stereocenters. The Hall–Kier alpha value is -0.910. The lowest BCUT2D eigenvalue weighted by atomic mass is 10.1. The summed E-state index contributed by atoms with van der Waals surface area (Å²) in [4.78, 5) is 18.3. The zero-order chi connectivity index (χ0) is 14.2. The molecule has 0 aliphatic carbocycles. The monoisotopic (exact) mass is 314 g/mol. The molecule has 0 aliphatic rings. The van der Waals surface area contributed by atoms with Crippen molar-refractivity contribution < 1.29 is 4.79 Å². The summed E-state index contributed by atoms with van der Waals surface area (Å²) in [5, 5.41) is 3.80. The van der Waals surface area contributed by atoms with Crippen LogP contribution < -0.4 is 5.32 Å². The number of aromatic nitrogens is 1. The quantitative estimate of drug-likeness (QED) is 0.894. The summed E-state index contributed by atoms with van der Waals surface area (Å²) < 4.78 is 0.726. The number of rotatable bonds is 2. The van der Waals surface area contributed by atoms with Gasteiger partial charge in [-0.1, -0.05) is 11.6 Å². The maximum Gasteiger partial charge on any atom is 0.263 e. The molecule has 0 aliphatic heterocycles. The van der Waals surface area contributed by atoms with Gasteiger partial charge >= 0.3 is 0 Å². The number of amides is 1. The van der Waals surface area contributed by atoms with Crippen LogP contribution in [0.4, 0.5) is 0 Å². The molecule has 0 saturated carbocycles. The van der Waals surface area contributed by atoms with E-state index in [9.17, 15) is 4.79 Å². The van der Waals surface area contributed by atoms with Gasteiger partial charge in [0.25, 0.3) is 5.91 Å². The van der Waals surface area contributed by atoms with Crippen LogP contribution in [0, 0.1) is 6.92 Å². The standard InChI is InChI=1S/C13H15ClN2OS2/c1-7-10(11(17)16-13(2,3)4)19-12(15-7)8-5-6-9(14)18-8/h5-6H,1-4H3,(H,16,17). The third-order valence-electron chi connectivity index (χ3n) is 2.28. The molecule has 1 N–H and O–H groups in total. The SMILES string of the molecule is Cc1nc(-c2ccc(Cl)s2)sc1C(=O)NC(C)(C)C. The lowest BCUT2D eigenvalue weighted by Gasteiger charge is -2.19. The van der Waals surface area contributed by atoms with E-state index in [1.807, 2.05) is 39.8 Å². The largest absolute Gasteiger partial charge is 0.347 e. The Morgan fingerprint density at radius 2 is 2.00 bits per heavy atom. The second-order valence-electron chi connectivity index (χ2n) is 5.24. The maximum atomic E-state index is 12.2. The topological polar surface area (TPSA) is 42.0 Å². The molecular formula is C13H15ClN2OS2. The molecule has 0 fully saturated rings. The first-order valence-electron chi connectivity index (χ1n) is 5.82. The molecule has 19 heavy (non-hydrogen) atoms. The smallest absolute Gasteiger partial charge is 0.263 e. The van der Waals surface area contributed by atoms with E-state index >= 15 is 0 Å². The van der Waals surface area contributed by atoms with E-state index in [-0.39, 0.29) is 11.4 Å². The van der Waals surface area contributed by atoms with Crippen molar-refractivity contribution in [2.45, 2.75) is 33.2 Å². The fraction of sp³-hybridized carbons (Fsp3) is 0.385. The molecule has 0 spiro atoms. The van der Waals surface area contributed by atoms with Crippen LogP contribution in [0.25, 0.3) is 9.88 Å². The molecule has 0 unspecified atom stereocenters. The lowest BCUT2D eigenvalue weighted by Crippen LogP contribution is -2.40. The summed E-state index contributed by atoms with van der Waals surface area (Å²) in [5.74, 6) is -0.0728. The van der Waals surface area contributed by atoms with Gasteiger partial charge in [-0.15, -0.1) is 22.7 Å². The van der Waals surface area contributed by atoms with Gasteiger partial charge in [0.1, 0.15) is 9.88 Å². The molecule has 2 aromatic heterocycles. The molecule has 0 aromatic carbocycles. The second kappa shape index (κ2) is 5.23. The van der Waals surface area contributed by atoms with Gasteiger partial charge in [-0.25, -0.2) is 4.98 Å². The first kappa shape index (κ1) is 14.5. The number of thiophene rings is 1. The molecule has 2 rings (SSSR count). The van der Waals surface area contributed by atoms with Gasteiger partial charge in [0.05, 0.1) is 14.9 Å². The van der Waals surface area contributed by atoms with E-state index in [1.165, 1.54) is 22.7 Å². The van der Waals surface area contributed by atoms with E-state index < -0.39 is 0 Å². The average Bonchev–Trinajstić information content (AvgIpc) is 2.82. The molecule has 6 heteroatoms. The summed E-state index contributed by atoms with van der Waals surface area (Å²) in [6.07, 6.45) is 0. The van der Waals surface area contributed by atoms with E-state index in [2.05, 4.69) is 10.3 Å². The number of thiazole rings is 1.